The zero-order valence-corrected chi connectivity index (χ0v) is 22.3. The van der Waals surface area contributed by atoms with Crippen LogP contribution in [0.2, 0.25) is 0 Å². The third-order valence-corrected chi connectivity index (χ3v) is 4.90. The molecule has 153 valence electrons. The van der Waals surface area contributed by atoms with Crippen LogP contribution >= 0.6 is 83.3 Å². The summed E-state index contributed by atoms with van der Waals surface area (Å²) in [7, 11) is 0. The van der Waals surface area contributed by atoms with Gasteiger partial charge in [-0.05, 0) is 70.1 Å². The number of hydrogen-bond acceptors (Lipinski definition) is 7. The van der Waals surface area contributed by atoms with Crippen LogP contribution in [0.1, 0.15) is 51.8 Å². The number of thiol groups is 2. The standard InChI is InChI=1S/C11HCl5O5S.C6H6S.Na/c12-7(17)1-2(8(13)18)4(10(15)20)6(22)5(11(16)21)3(1)9(14)19;7-6-4-2-1-3-5-6;/h22H;1-5,7H;. The monoisotopic (exact) mass is 553 g/mol. The van der Waals surface area contributed by atoms with Gasteiger partial charge in [0.25, 0.3) is 26.2 Å². The Hall–Kier alpha value is -0.0600. The van der Waals surface area contributed by atoms with Crippen molar-refractivity contribution in [1.82, 2.24) is 0 Å². The third-order valence-electron chi connectivity index (χ3n) is 3.21. The van der Waals surface area contributed by atoms with Crippen LogP contribution in [0.3, 0.4) is 0 Å². The van der Waals surface area contributed by atoms with Crippen molar-refractivity contribution in [3.8, 4) is 0 Å². The summed E-state index contributed by atoms with van der Waals surface area (Å²) < 4.78 is 0. The predicted octanol–water partition coefficient (Wildman–Crippen LogP) is 5.46. The molecule has 0 aromatic heterocycles. The van der Waals surface area contributed by atoms with Gasteiger partial charge in [0.1, 0.15) is 0 Å². The fourth-order valence-electron chi connectivity index (χ4n) is 2.14. The first-order valence-electron chi connectivity index (χ1n) is 7.07. The average molecular weight is 556 g/mol. The van der Waals surface area contributed by atoms with Gasteiger partial charge in [-0.1, -0.05) is 18.2 Å². The van der Waals surface area contributed by atoms with E-state index in [1.54, 1.807) is 0 Å². The maximum absolute atomic E-state index is 11.6. The molecule has 2 rings (SSSR count). The minimum absolute atomic E-state index is 0. The molecular weight excluding hydrogens is 549 g/mol. The molecule has 0 N–H and O–H groups in total. The molecule has 5 nitrogen and oxygen atoms in total. The van der Waals surface area contributed by atoms with Crippen molar-refractivity contribution in [3.63, 3.8) is 0 Å². The van der Waals surface area contributed by atoms with E-state index in [-0.39, 0.29) is 29.6 Å². The van der Waals surface area contributed by atoms with Gasteiger partial charge in [-0.3, -0.25) is 24.0 Å². The first-order chi connectivity index (χ1) is 13.4. The van der Waals surface area contributed by atoms with Gasteiger partial charge in [0.15, 0.2) is 0 Å². The maximum atomic E-state index is 11.6. The van der Waals surface area contributed by atoms with E-state index in [0.717, 1.165) is 4.90 Å². The Balaban J connectivity index is 0.000000886. The number of hydrogen-bond donors (Lipinski definition) is 2. The molecule has 2 aromatic carbocycles. The number of rotatable bonds is 5. The maximum Gasteiger partial charge on any atom is 0.254 e. The van der Waals surface area contributed by atoms with E-state index in [1.807, 2.05) is 30.3 Å². The van der Waals surface area contributed by atoms with Crippen molar-refractivity contribution in [3.05, 3.63) is 58.1 Å². The summed E-state index contributed by atoms with van der Waals surface area (Å²) in [5, 5.41) is -6.60. The predicted molar refractivity (Wildman–Crippen MR) is 124 cm³/mol. The van der Waals surface area contributed by atoms with Crippen LogP contribution in [0.25, 0.3) is 0 Å². The molecule has 30 heavy (non-hydrogen) atoms. The summed E-state index contributed by atoms with van der Waals surface area (Å²) in [5.41, 5.74) is -3.83. The van der Waals surface area contributed by atoms with E-state index in [2.05, 4.69) is 25.3 Å². The molecule has 0 fully saturated rings. The zero-order valence-electron chi connectivity index (χ0n) is 14.7. The first-order valence-corrected chi connectivity index (χ1v) is 9.86. The molecule has 0 saturated carbocycles. The normalized spacial score (nSPS) is 9.57. The van der Waals surface area contributed by atoms with Crippen LogP contribution in [0, 0.1) is 0 Å². The smallest absolute Gasteiger partial charge is 0.254 e. The van der Waals surface area contributed by atoms with Gasteiger partial charge >= 0.3 is 0 Å². The summed E-state index contributed by atoms with van der Waals surface area (Å²) in [4.78, 5) is 58.1. The molecule has 0 aliphatic carbocycles. The summed E-state index contributed by atoms with van der Waals surface area (Å²) in [5.74, 6) is 0. The second kappa shape index (κ2) is 13.5. The molecule has 1 radical (unpaired) electrons. The van der Waals surface area contributed by atoms with Gasteiger partial charge < -0.3 is 0 Å². The van der Waals surface area contributed by atoms with Gasteiger partial charge in [0.05, 0.1) is 27.8 Å². The SMILES string of the molecule is O=C(Cl)c1c(S)c(C(=O)Cl)c(C(=O)Cl)c(C(=O)Cl)c1C(=O)Cl.Sc1ccccc1.[Na]. The second-order valence-electron chi connectivity index (χ2n) is 4.93. The summed E-state index contributed by atoms with van der Waals surface area (Å²) in [6.07, 6.45) is 0. The minimum atomic E-state index is -1.38. The molecule has 0 bridgehead atoms. The van der Waals surface area contributed by atoms with Crippen LogP contribution in [-0.2, 0) is 0 Å². The molecule has 0 heterocycles. The molecule has 0 amide bonds. The van der Waals surface area contributed by atoms with Crippen molar-refractivity contribution in [2.24, 2.45) is 0 Å². The Labute approximate surface area is 228 Å². The van der Waals surface area contributed by atoms with E-state index in [1.165, 1.54) is 0 Å². The Morgan fingerprint density at radius 2 is 0.800 bits per heavy atom. The van der Waals surface area contributed by atoms with Crippen molar-refractivity contribution in [2.45, 2.75) is 9.79 Å². The van der Waals surface area contributed by atoms with E-state index < -0.39 is 58.9 Å². The molecule has 0 aliphatic heterocycles. The second-order valence-corrected chi connectivity index (χ2v) is 7.61. The van der Waals surface area contributed by atoms with Crippen LogP contribution < -0.4 is 0 Å². The molecular formula is C17H7Cl5NaO5S2. The van der Waals surface area contributed by atoms with Crippen LogP contribution in [0.5, 0.6) is 0 Å². The summed E-state index contributed by atoms with van der Waals surface area (Å²) in [6, 6.07) is 9.79. The number of halogens is 5. The van der Waals surface area contributed by atoms with Crippen molar-refractivity contribution in [2.75, 3.05) is 0 Å². The quantitative estimate of drug-likeness (QED) is 0.291. The fraction of sp³-hybridized carbons (Fsp3) is 0. The molecule has 0 unspecified atom stereocenters. The van der Waals surface area contributed by atoms with E-state index in [9.17, 15) is 24.0 Å². The number of carbonyl (C=O) groups excluding carboxylic acids is 5. The Bertz CT molecular complexity index is 978. The molecule has 13 heteroatoms. The van der Waals surface area contributed by atoms with Crippen molar-refractivity contribution >= 4 is 139 Å². The summed E-state index contributed by atoms with van der Waals surface area (Å²) >= 11 is 34.5. The van der Waals surface area contributed by atoms with Crippen LogP contribution in [0.15, 0.2) is 40.1 Å². The fourth-order valence-corrected chi connectivity index (χ4v) is 3.81. The third kappa shape index (κ3) is 7.52. The molecule has 2 aromatic rings. The van der Waals surface area contributed by atoms with Crippen molar-refractivity contribution in [1.29, 1.82) is 0 Å². The van der Waals surface area contributed by atoms with Crippen LogP contribution in [-0.4, -0.2) is 55.8 Å². The van der Waals surface area contributed by atoms with Crippen LogP contribution in [0.4, 0.5) is 0 Å². The van der Waals surface area contributed by atoms with E-state index >= 15 is 0 Å². The largest absolute Gasteiger partial charge is 0.276 e. The minimum Gasteiger partial charge on any atom is -0.276 e. The summed E-state index contributed by atoms with van der Waals surface area (Å²) in [6.45, 7) is 0. The molecule has 0 saturated heterocycles. The zero-order chi connectivity index (χ0) is 22.5. The van der Waals surface area contributed by atoms with E-state index in [4.69, 9.17) is 58.0 Å². The number of carbonyl (C=O) groups is 5. The molecule has 0 spiro atoms. The number of benzene rings is 2. The Kier molecular flexibility index (Phi) is 13.5. The molecule has 0 atom stereocenters. The average Bonchev–Trinajstić information content (AvgIpc) is 2.60. The van der Waals surface area contributed by atoms with Gasteiger partial charge in [-0.25, -0.2) is 0 Å². The molecule has 0 aliphatic rings. The topological polar surface area (TPSA) is 85.3 Å². The Morgan fingerprint density at radius 3 is 1.00 bits per heavy atom. The first kappa shape index (κ1) is 29.9. The Morgan fingerprint density at radius 1 is 0.533 bits per heavy atom. The van der Waals surface area contributed by atoms with Gasteiger partial charge in [0.2, 0.25) is 0 Å². The van der Waals surface area contributed by atoms with Gasteiger partial charge in [0, 0.05) is 39.3 Å². The van der Waals surface area contributed by atoms with Gasteiger partial charge in [-0.2, -0.15) is 0 Å². The van der Waals surface area contributed by atoms with Crippen molar-refractivity contribution < 1.29 is 24.0 Å². The van der Waals surface area contributed by atoms with Gasteiger partial charge in [-0.15, -0.1) is 25.3 Å². The van der Waals surface area contributed by atoms with E-state index in [0.29, 0.717) is 0 Å².